The summed E-state index contributed by atoms with van der Waals surface area (Å²) < 4.78 is 11.4. The van der Waals surface area contributed by atoms with Crippen LogP contribution in [0.25, 0.3) is 0 Å². The molecule has 0 unspecified atom stereocenters. The van der Waals surface area contributed by atoms with Crippen molar-refractivity contribution < 1.29 is 19.1 Å². The number of benzene rings is 2. The van der Waals surface area contributed by atoms with Crippen molar-refractivity contribution >= 4 is 28.9 Å². The maximum atomic E-state index is 12.8. The highest BCUT2D eigenvalue weighted by Gasteiger charge is 2.35. The highest BCUT2D eigenvalue weighted by Crippen LogP contribution is 2.48. The van der Waals surface area contributed by atoms with Crippen molar-refractivity contribution in [2.24, 2.45) is 0 Å². The molecule has 2 aliphatic rings. The van der Waals surface area contributed by atoms with Crippen molar-refractivity contribution in [1.82, 2.24) is 0 Å². The summed E-state index contributed by atoms with van der Waals surface area (Å²) in [5.41, 5.74) is 2.95. The number of carbonyl (C=O) groups excluding carboxylic acids is 2. The Morgan fingerprint density at radius 3 is 2.60 bits per heavy atom. The molecule has 2 aromatic carbocycles. The second-order valence-corrected chi connectivity index (χ2v) is 6.16. The Hall–Kier alpha value is -3.02. The molecular weight excluding hydrogens is 320 g/mol. The average molecular weight is 338 g/mol. The quantitative estimate of drug-likeness (QED) is 0.750. The zero-order valence-corrected chi connectivity index (χ0v) is 14.1. The van der Waals surface area contributed by atoms with Crippen molar-refractivity contribution in [3.8, 4) is 11.5 Å². The van der Waals surface area contributed by atoms with Crippen LogP contribution in [-0.2, 0) is 9.59 Å². The van der Waals surface area contributed by atoms with Gasteiger partial charge in [0.25, 0.3) is 0 Å². The molecule has 2 heterocycles. The van der Waals surface area contributed by atoms with Crippen molar-refractivity contribution in [3.63, 3.8) is 0 Å². The number of fused-ring (bicyclic) bond motifs is 3. The maximum absolute atomic E-state index is 12.8. The van der Waals surface area contributed by atoms with Crippen molar-refractivity contribution in [1.29, 1.82) is 0 Å². The minimum atomic E-state index is -0.274. The second kappa shape index (κ2) is 5.81. The number of aryl methyl sites for hydroxylation is 1. The van der Waals surface area contributed by atoms with Gasteiger partial charge in [0.1, 0.15) is 25.3 Å². The summed E-state index contributed by atoms with van der Waals surface area (Å²) in [5.74, 6) is 0.553. The summed E-state index contributed by atoms with van der Waals surface area (Å²) in [6.45, 7) is 2.83. The molecule has 0 bridgehead atoms. The monoisotopic (exact) mass is 338 g/mol. The molecule has 0 aliphatic carbocycles. The summed E-state index contributed by atoms with van der Waals surface area (Å²) in [4.78, 5) is 28.4. The van der Waals surface area contributed by atoms with Crippen molar-refractivity contribution in [2.45, 2.75) is 13.3 Å². The van der Waals surface area contributed by atoms with Crippen molar-refractivity contribution in [3.05, 3.63) is 42.0 Å². The topological polar surface area (TPSA) is 59.1 Å². The summed E-state index contributed by atoms with van der Waals surface area (Å²) in [7, 11) is 1.66. The molecule has 0 saturated heterocycles. The predicted octanol–water partition coefficient (Wildman–Crippen LogP) is 2.80. The van der Waals surface area contributed by atoms with Crippen LogP contribution in [0.3, 0.4) is 0 Å². The van der Waals surface area contributed by atoms with E-state index in [0.717, 1.165) is 11.3 Å². The molecule has 0 N–H and O–H groups in total. The van der Waals surface area contributed by atoms with Gasteiger partial charge < -0.3 is 14.4 Å². The van der Waals surface area contributed by atoms with E-state index >= 15 is 0 Å². The summed E-state index contributed by atoms with van der Waals surface area (Å²) in [5, 5.41) is 0. The zero-order chi connectivity index (χ0) is 17.6. The molecule has 0 fully saturated rings. The maximum Gasteiger partial charge on any atom is 0.241 e. The molecule has 0 radical (unpaired) electrons. The largest absolute Gasteiger partial charge is 0.486 e. The first-order chi connectivity index (χ1) is 12.1. The Bertz CT molecular complexity index is 878. The van der Waals surface area contributed by atoms with Gasteiger partial charge in [-0.2, -0.15) is 0 Å². The highest BCUT2D eigenvalue weighted by molar-refractivity contribution is 6.19. The minimum Gasteiger partial charge on any atom is -0.486 e. The van der Waals surface area contributed by atoms with Gasteiger partial charge in [-0.1, -0.05) is 12.1 Å². The van der Waals surface area contributed by atoms with Crippen LogP contribution >= 0.6 is 0 Å². The molecule has 6 nitrogen and oxygen atoms in total. The number of nitrogens with zero attached hydrogens (tertiary/aromatic N) is 2. The van der Waals surface area contributed by atoms with E-state index in [1.165, 1.54) is 4.90 Å². The van der Waals surface area contributed by atoms with E-state index in [9.17, 15) is 9.59 Å². The van der Waals surface area contributed by atoms with Gasteiger partial charge in [0.2, 0.25) is 11.8 Å². The molecule has 6 heteroatoms. The van der Waals surface area contributed by atoms with E-state index in [1.54, 1.807) is 24.1 Å². The van der Waals surface area contributed by atoms with E-state index in [1.807, 2.05) is 31.2 Å². The van der Waals surface area contributed by atoms with Gasteiger partial charge in [0, 0.05) is 12.7 Å². The lowest BCUT2D eigenvalue weighted by Crippen LogP contribution is -2.29. The Morgan fingerprint density at radius 2 is 1.80 bits per heavy atom. The number of hydrogen-bond acceptors (Lipinski definition) is 4. The van der Waals surface area contributed by atoms with Crippen molar-refractivity contribution in [2.75, 3.05) is 30.1 Å². The first kappa shape index (κ1) is 15.5. The molecule has 0 spiro atoms. The lowest BCUT2D eigenvalue weighted by atomic mass is 10.1. The van der Waals surface area contributed by atoms with Gasteiger partial charge in [-0.15, -0.1) is 0 Å². The van der Waals surface area contributed by atoms with E-state index in [-0.39, 0.29) is 18.2 Å². The summed E-state index contributed by atoms with van der Waals surface area (Å²) in [6, 6.07) is 11.2. The van der Waals surface area contributed by atoms with Crippen LogP contribution in [0.15, 0.2) is 36.4 Å². The number of amides is 2. The van der Waals surface area contributed by atoms with Crippen LogP contribution in [0.4, 0.5) is 17.1 Å². The molecule has 25 heavy (non-hydrogen) atoms. The van der Waals surface area contributed by atoms with Crippen LogP contribution in [0.1, 0.15) is 12.0 Å². The fourth-order valence-electron chi connectivity index (χ4n) is 3.23. The molecule has 2 amide bonds. The number of hydrogen-bond donors (Lipinski definition) is 0. The van der Waals surface area contributed by atoms with Crippen LogP contribution in [-0.4, -0.2) is 32.1 Å². The Morgan fingerprint density at radius 1 is 1.00 bits per heavy atom. The Labute approximate surface area is 145 Å². The lowest BCUT2D eigenvalue weighted by molar-refractivity contribution is -0.125. The summed E-state index contributed by atoms with van der Waals surface area (Å²) in [6.07, 6.45) is -0.200. The molecule has 4 rings (SSSR count). The van der Waals surface area contributed by atoms with Gasteiger partial charge in [-0.3, -0.25) is 14.5 Å². The normalized spacial score (nSPS) is 16.6. The number of anilines is 3. The van der Waals surface area contributed by atoms with Crippen LogP contribution in [0, 0.1) is 6.92 Å². The first-order valence-corrected chi connectivity index (χ1v) is 8.15. The lowest BCUT2D eigenvalue weighted by Gasteiger charge is -2.29. The van der Waals surface area contributed by atoms with E-state index in [0.29, 0.717) is 36.1 Å². The Kier molecular flexibility index (Phi) is 3.60. The smallest absolute Gasteiger partial charge is 0.241 e. The molecule has 2 aliphatic heterocycles. The SMILES string of the molecule is Cc1cccc(N2C(=O)CC(=O)N(C)c3c2ccc2c3OCCO2)c1. The van der Waals surface area contributed by atoms with E-state index in [4.69, 9.17) is 9.47 Å². The van der Waals surface area contributed by atoms with Gasteiger partial charge in [-0.25, -0.2) is 0 Å². The fourth-order valence-corrected chi connectivity index (χ4v) is 3.23. The van der Waals surface area contributed by atoms with Gasteiger partial charge in [0.05, 0.1) is 5.69 Å². The molecular formula is C19H18N2O4. The predicted molar refractivity (Wildman–Crippen MR) is 93.8 cm³/mol. The molecule has 2 aromatic rings. The average Bonchev–Trinajstić information content (AvgIpc) is 2.70. The van der Waals surface area contributed by atoms with Crippen LogP contribution in [0.5, 0.6) is 11.5 Å². The third kappa shape index (κ3) is 2.50. The molecule has 0 saturated carbocycles. The van der Waals surface area contributed by atoms with Gasteiger partial charge >= 0.3 is 0 Å². The second-order valence-electron chi connectivity index (χ2n) is 6.16. The first-order valence-electron chi connectivity index (χ1n) is 8.15. The highest BCUT2D eigenvalue weighted by atomic mass is 16.6. The van der Waals surface area contributed by atoms with Crippen LogP contribution in [0.2, 0.25) is 0 Å². The third-order valence-electron chi connectivity index (χ3n) is 4.42. The third-order valence-corrected chi connectivity index (χ3v) is 4.42. The zero-order valence-electron chi connectivity index (χ0n) is 14.1. The molecule has 128 valence electrons. The van der Waals surface area contributed by atoms with E-state index in [2.05, 4.69) is 0 Å². The summed E-state index contributed by atoms with van der Waals surface area (Å²) >= 11 is 0. The van der Waals surface area contributed by atoms with Crippen LogP contribution < -0.4 is 19.3 Å². The fraction of sp³-hybridized carbons (Fsp3) is 0.263. The molecule has 0 atom stereocenters. The molecule has 0 aromatic heterocycles. The number of carbonyl (C=O) groups is 2. The number of rotatable bonds is 1. The minimum absolute atomic E-state index is 0.200. The van der Waals surface area contributed by atoms with Gasteiger partial charge in [0.15, 0.2) is 11.5 Å². The standard InChI is InChI=1S/C19H18N2O4/c1-12-4-3-5-13(10-12)21-14-6-7-15-19(25-9-8-24-15)18(14)20(2)16(22)11-17(21)23/h3-7,10H,8-9,11H2,1-2H3. The van der Waals surface area contributed by atoms with Gasteiger partial charge in [-0.05, 0) is 36.8 Å². The number of ether oxygens (including phenoxy) is 2. The Balaban J connectivity index is 1.97. The van der Waals surface area contributed by atoms with E-state index < -0.39 is 0 Å².